The van der Waals surface area contributed by atoms with Crippen molar-refractivity contribution in [1.29, 1.82) is 0 Å². The molecule has 4 aliphatic rings. The number of piperidine rings is 1. The van der Waals surface area contributed by atoms with Gasteiger partial charge in [0.25, 0.3) is 47.3 Å². The molecule has 25 nitrogen and oxygen atoms in total. The molecule has 9 aromatic rings. The Morgan fingerprint density at radius 3 is 1.42 bits per heavy atom. The molecule has 3 atom stereocenters. The number of primary amides is 3. The summed E-state index contributed by atoms with van der Waals surface area (Å²) in [6, 6.07) is 32.2. The summed E-state index contributed by atoms with van der Waals surface area (Å²) in [7, 11) is 0. The second-order valence-electron chi connectivity index (χ2n) is 25.9. The van der Waals surface area contributed by atoms with E-state index in [0.717, 1.165) is 43.8 Å². The zero-order valence-corrected chi connectivity index (χ0v) is 57.3. The molecule has 3 unspecified atom stereocenters. The first-order valence-corrected chi connectivity index (χ1v) is 33.2. The molecule has 6 aromatic carbocycles. The van der Waals surface area contributed by atoms with Crippen LogP contribution in [0.5, 0.6) is 0 Å². The number of carbonyl (C=O) groups excluding carboxylic acids is 6. The SMILES string of the molecule is Cc1ccc(F)cc1C(=O)NCc1ccc(-c2nn(C3CN(C4COC4)CCC3(F)F)c(N)c2C(N)=O)cc1F.Cc1ccccc1C(=O)NCc1ccc(-c2nn(C3COC(F)(F)C3)c(N)c2C(N)=O)cc1.Cc1ccccc1C(=O)NCc1ccc(-c2nn(C3COCC3(F)F)c(N)c2C(N)=O)cc1. The highest BCUT2D eigenvalue weighted by Crippen LogP contribution is 2.43. The highest BCUT2D eigenvalue weighted by Gasteiger charge is 2.51. The van der Waals surface area contributed by atoms with Crippen molar-refractivity contribution in [3.8, 4) is 33.8 Å². The second-order valence-corrected chi connectivity index (χ2v) is 25.9. The van der Waals surface area contributed by atoms with Crippen LogP contribution in [-0.2, 0) is 33.8 Å². The van der Waals surface area contributed by atoms with Crippen molar-refractivity contribution in [3.05, 3.63) is 212 Å². The van der Waals surface area contributed by atoms with E-state index in [9.17, 15) is 50.7 Å². The topological polar surface area (TPSA) is 379 Å². The van der Waals surface area contributed by atoms with E-state index in [1.54, 1.807) is 79.7 Å². The number of likely N-dealkylation sites (tertiary alicyclic amines) is 1. The number of rotatable bonds is 19. The number of amides is 6. The molecule has 0 aliphatic carbocycles. The molecule has 7 heterocycles. The van der Waals surface area contributed by atoms with E-state index in [-0.39, 0.29) is 125 Å². The number of nitrogens with one attached hydrogen (secondary N) is 3. The summed E-state index contributed by atoms with van der Waals surface area (Å²) in [6.45, 7) is 5.41. The van der Waals surface area contributed by atoms with Gasteiger partial charge >= 0.3 is 6.11 Å². The highest BCUT2D eigenvalue weighted by molar-refractivity contribution is 6.05. The van der Waals surface area contributed by atoms with Crippen LogP contribution in [0.15, 0.2) is 133 Å². The summed E-state index contributed by atoms with van der Waals surface area (Å²) in [5.74, 6) is -12.0. The number of nitrogen functional groups attached to an aromatic ring is 3. The summed E-state index contributed by atoms with van der Waals surface area (Å²) in [6.07, 6.45) is -4.31. The lowest BCUT2D eigenvalue weighted by Gasteiger charge is -2.44. The summed E-state index contributed by atoms with van der Waals surface area (Å²) in [5.41, 5.74) is 40.8. The van der Waals surface area contributed by atoms with Gasteiger partial charge in [0, 0.05) is 78.1 Å². The van der Waals surface area contributed by atoms with Gasteiger partial charge in [-0.05, 0) is 78.9 Å². The Morgan fingerprint density at radius 2 is 0.962 bits per heavy atom. The third kappa shape index (κ3) is 16.4. The van der Waals surface area contributed by atoms with Crippen molar-refractivity contribution >= 4 is 52.9 Å². The Labute approximate surface area is 600 Å². The minimum Gasteiger partial charge on any atom is -0.383 e. The Bertz CT molecular complexity index is 4830. The summed E-state index contributed by atoms with van der Waals surface area (Å²) < 4.78 is 132. The number of aromatic nitrogens is 6. The van der Waals surface area contributed by atoms with E-state index >= 15 is 13.2 Å². The van der Waals surface area contributed by atoms with Crippen LogP contribution in [0.25, 0.3) is 33.8 Å². The van der Waals surface area contributed by atoms with Crippen LogP contribution in [0.1, 0.15) is 126 Å². The molecule has 0 radical (unpaired) electrons. The van der Waals surface area contributed by atoms with Gasteiger partial charge in [0.1, 0.15) is 81.6 Å². The predicted molar refractivity (Wildman–Crippen MR) is 373 cm³/mol. The van der Waals surface area contributed by atoms with Crippen LogP contribution in [0.3, 0.4) is 0 Å². The fourth-order valence-corrected chi connectivity index (χ4v) is 12.6. The number of nitrogens with zero attached hydrogens (tertiary/aromatic N) is 7. The van der Waals surface area contributed by atoms with Crippen LogP contribution in [-0.4, -0.2) is 140 Å². The average molecular weight is 1470 g/mol. The first-order valence-electron chi connectivity index (χ1n) is 33.2. The number of carbonyl (C=O) groups is 6. The van der Waals surface area contributed by atoms with Crippen molar-refractivity contribution in [2.24, 2.45) is 17.2 Å². The molecule has 13 rings (SSSR count). The Kier molecular flexibility index (Phi) is 22.1. The zero-order valence-electron chi connectivity index (χ0n) is 57.3. The predicted octanol–water partition coefficient (Wildman–Crippen LogP) is 8.73. The Balaban J connectivity index is 0.000000160. The number of aryl methyl sites for hydroxylation is 3. The molecular formula is C73H74F8N16O9. The molecule has 33 heteroatoms. The molecule has 556 valence electrons. The Hall–Kier alpha value is -11.6. The largest absolute Gasteiger partial charge is 0.383 e. The van der Waals surface area contributed by atoms with Gasteiger partial charge in [-0.2, -0.15) is 24.1 Å². The molecule has 4 fully saturated rings. The molecule has 3 aromatic heterocycles. The fourth-order valence-electron chi connectivity index (χ4n) is 12.6. The molecule has 15 N–H and O–H groups in total. The first kappa shape index (κ1) is 75.6. The van der Waals surface area contributed by atoms with Crippen molar-refractivity contribution in [2.45, 2.75) is 95.4 Å². The standard InChI is InChI=1S/C27H28F4N6O3.2C23H23F2N5O3/c1-14-2-5-17(28)9-19(14)26(39)34-10-16-4-3-15(8-20(16)29)23-22(25(33)38)24(32)37(35-23)21-11-36(18-12-40-13-18)7-6-27(21,30)31;1-13-4-2-3-5-17(13)22(32)28-11-14-6-8-15(9-7-14)19-18(21(27)31)20(26)30(29-19)16-10-23(24,25)33-12-16;1-13-4-2-3-5-16(13)22(32)28-10-14-6-8-15(9-7-14)19-18(21(27)31)20(26)30(29-19)17-11-33-12-23(17,24)25/h2-5,8-9,18,21H,6-7,10-13,32H2,1H3,(H2,33,38)(H,34,39);2-9,16H,10-12,26H2,1H3,(H2,27,31)(H,28,32);2-9,17H,10-12,26H2,1H3,(H2,27,31)(H,28,32). The van der Waals surface area contributed by atoms with Gasteiger partial charge in [-0.15, -0.1) is 0 Å². The van der Waals surface area contributed by atoms with Gasteiger partial charge in [-0.3, -0.25) is 33.7 Å². The number of alkyl halides is 6. The maximum atomic E-state index is 15.1. The van der Waals surface area contributed by atoms with Gasteiger partial charge in [-0.1, -0.05) is 103 Å². The quantitative estimate of drug-likeness (QED) is 0.0342. The smallest absolute Gasteiger partial charge is 0.357 e. The van der Waals surface area contributed by atoms with E-state index in [0.29, 0.717) is 47.6 Å². The minimum absolute atomic E-state index is 0.0115. The van der Waals surface area contributed by atoms with Crippen LogP contribution in [0, 0.1) is 32.4 Å². The lowest BCUT2D eigenvalue weighted by molar-refractivity contribution is -0.205. The summed E-state index contributed by atoms with van der Waals surface area (Å²) in [5, 5.41) is 21.0. The number of nitrogens with two attached hydrogens (primary N) is 6. The van der Waals surface area contributed by atoms with E-state index in [1.165, 1.54) is 28.9 Å². The molecule has 6 amide bonds. The molecule has 4 saturated heterocycles. The monoisotopic (exact) mass is 1470 g/mol. The number of anilines is 3. The number of hydrogen-bond donors (Lipinski definition) is 9. The van der Waals surface area contributed by atoms with Crippen molar-refractivity contribution in [1.82, 2.24) is 50.2 Å². The van der Waals surface area contributed by atoms with E-state index in [2.05, 4.69) is 36.0 Å². The molecule has 4 aliphatic heterocycles. The number of halogens is 8. The highest BCUT2D eigenvalue weighted by atomic mass is 19.3. The van der Waals surface area contributed by atoms with Crippen LogP contribution in [0.2, 0.25) is 0 Å². The van der Waals surface area contributed by atoms with E-state index in [4.69, 9.17) is 43.9 Å². The normalized spacial score (nSPS) is 17.9. The van der Waals surface area contributed by atoms with E-state index in [1.807, 2.05) is 43.0 Å². The van der Waals surface area contributed by atoms with Crippen molar-refractivity contribution < 1.29 is 78.1 Å². The summed E-state index contributed by atoms with van der Waals surface area (Å²) in [4.78, 5) is 75.6. The molecular weight excluding hydrogens is 1400 g/mol. The maximum absolute atomic E-state index is 15.1. The molecule has 106 heavy (non-hydrogen) atoms. The van der Waals surface area contributed by atoms with Gasteiger partial charge in [0.05, 0.1) is 44.9 Å². The fraction of sp³-hybridized carbons (Fsp3) is 0.301. The molecule has 0 spiro atoms. The zero-order chi connectivity index (χ0) is 76.3. The number of benzene rings is 6. The van der Waals surface area contributed by atoms with E-state index < -0.39 is 90.8 Å². The summed E-state index contributed by atoms with van der Waals surface area (Å²) >= 11 is 0. The average Bonchev–Trinajstić information content (AvgIpc) is 1.58. The van der Waals surface area contributed by atoms with Gasteiger partial charge in [-0.25, -0.2) is 40.4 Å². The van der Waals surface area contributed by atoms with Gasteiger partial charge in [0.2, 0.25) is 0 Å². The van der Waals surface area contributed by atoms with Crippen LogP contribution >= 0.6 is 0 Å². The van der Waals surface area contributed by atoms with Crippen molar-refractivity contribution in [2.75, 3.05) is 63.3 Å². The minimum atomic E-state index is -3.28. The van der Waals surface area contributed by atoms with Crippen molar-refractivity contribution in [3.63, 3.8) is 0 Å². The lowest BCUT2D eigenvalue weighted by atomic mass is 9.98. The van der Waals surface area contributed by atoms with Gasteiger partial charge < -0.3 is 64.6 Å². The lowest BCUT2D eigenvalue weighted by Crippen LogP contribution is -2.57. The third-order valence-corrected chi connectivity index (χ3v) is 18.7. The van der Waals surface area contributed by atoms with Crippen LogP contribution < -0.4 is 50.4 Å². The van der Waals surface area contributed by atoms with Crippen LogP contribution in [0.4, 0.5) is 52.6 Å². The van der Waals surface area contributed by atoms with Gasteiger partial charge in [0.15, 0.2) is 0 Å². The number of ether oxygens (including phenoxy) is 3. The first-order chi connectivity index (χ1) is 50.3. The number of hydrogen-bond acceptors (Lipinski definition) is 16. The third-order valence-electron chi connectivity index (χ3n) is 18.7. The molecule has 0 bridgehead atoms. The molecule has 0 saturated carbocycles. The maximum Gasteiger partial charge on any atom is 0.357 e. The second kappa shape index (κ2) is 31.0. The Morgan fingerprint density at radius 1 is 0.500 bits per heavy atom.